The molecule has 0 aromatic carbocycles. The van der Waals surface area contributed by atoms with Crippen LogP contribution in [0.3, 0.4) is 0 Å². The number of nitrogens with zero attached hydrogens (tertiary/aromatic N) is 2. The number of Topliss-reactive ketones (excluding diaryl/α,β-unsaturated/α-hetero) is 1. The maximum Gasteiger partial charge on any atom is 0.357 e. The zero-order chi connectivity index (χ0) is 21.4. The van der Waals surface area contributed by atoms with Gasteiger partial charge < -0.3 is 9.47 Å². The van der Waals surface area contributed by atoms with Crippen LogP contribution in [0, 0.1) is 16.7 Å². The molecule has 0 radical (unpaired) electrons. The van der Waals surface area contributed by atoms with E-state index in [2.05, 4.69) is 9.72 Å². The molecule has 2 unspecified atom stereocenters. The largest absolute Gasteiger partial charge is 0.464 e. The van der Waals surface area contributed by atoms with Gasteiger partial charge in [-0.2, -0.15) is 4.31 Å². The molecule has 2 atom stereocenters. The minimum Gasteiger partial charge on any atom is -0.464 e. The van der Waals surface area contributed by atoms with E-state index in [0.717, 1.165) is 6.42 Å². The maximum absolute atomic E-state index is 13.4. The van der Waals surface area contributed by atoms with Crippen molar-refractivity contribution in [2.75, 3.05) is 33.1 Å². The van der Waals surface area contributed by atoms with Crippen molar-refractivity contribution in [3.8, 4) is 0 Å². The van der Waals surface area contributed by atoms with Crippen molar-refractivity contribution >= 4 is 33.1 Å². The van der Waals surface area contributed by atoms with E-state index in [-0.39, 0.29) is 48.3 Å². The Morgan fingerprint density at radius 1 is 1.38 bits per heavy atom. The highest BCUT2D eigenvalue weighted by atomic mass is 32.2. The molecule has 2 saturated carbocycles. The molecule has 10 heteroatoms. The molecule has 162 valence electrons. The van der Waals surface area contributed by atoms with Gasteiger partial charge in [0.1, 0.15) is 10.8 Å². The number of carbonyl (C=O) groups excluding carboxylic acids is 2. The lowest BCUT2D eigenvalue weighted by molar-refractivity contribution is -0.128. The van der Waals surface area contributed by atoms with Crippen LogP contribution in [0.2, 0.25) is 0 Å². The SMILES string of the molecule is COCCN(Cc1nc(C(=O)OC)cs1)S(=O)(=O)CC12CCC(CC1=O)C2(C)C. The van der Waals surface area contributed by atoms with E-state index in [1.165, 1.54) is 29.9 Å². The van der Waals surface area contributed by atoms with Gasteiger partial charge in [0.05, 0.1) is 26.0 Å². The fourth-order valence-corrected chi connectivity index (χ4v) is 7.77. The summed E-state index contributed by atoms with van der Waals surface area (Å²) in [6.45, 7) is 4.45. The molecule has 2 aliphatic rings. The number of methoxy groups -OCH3 is 2. The van der Waals surface area contributed by atoms with E-state index in [0.29, 0.717) is 17.8 Å². The molecular weight excluding hydrogens is 416 g/mol. The smallest absolute Gasteiger partial charge is 0.357 e. The van der Waals surface area contributed by atoms with Crippen molar-refractivity contribution in [3.63, 3.8) is 0 Å². The number of ketones is 1. The zero-order valence-electron chi connectivity index (χ0n) is 17.3. The molecular formula is C19H28N2O6S2. The second-order valence-corrected chi connectivity index (χ2v) is 11.3. The molecule has 0 aliphatic heterocycles. The second-order valence-electron chi connectivity index (χ2n) is 8.37. The normalized spacial score (nSPS) is 25.7. The molecule has 3 rings (SSSR count). The molecule has 0 amide bonds. The first-order valence-electron chi connectivity index (χ1n) is 9.60. The summed E-state index contributed by atoms with van der Waals surface area (Å²) in [5.41, 5.74) is -1.01. The average Bonchev–Trinajstić information content (AvgIpc) is 3.27. The standard InChI is InChI=1S/C19H28N2O6S2/c1-18(2)13-5-6-19(18,15(22)9-13)12-29(24,25)21(7-8-26-3)10-16-20-14(11-28-16)17(23)27-4/h11,13H,5-10,12H2,1-4H3. The van der Waals surface area contributed by atoms with Crippen molar-refractivity contribution in [1.29, 1.82) is 0 Å². The Morgan fingerprint density at radius 2 is 2.10 bits per heavy atom. The Kier molecular flexibility index (Phi) is 6.20. The summed E-state index contributed by atoms with van der Waals surface area (Å²) < 4.78 is 37.9. The first kappa shape index (κ1) is 22.3. The minimum absolute atomic E-state index is 0.0292. The van der Waals surface area contributed by atoms with Gasteiger partial charge in [-0.1, -0.05) is 13.8 Å². The number of hydrogen-bond donors (Lipinski definition) is 0. The van der Waals surface area contributed by atoms with Gasteiger partial charge in [-0.15, -0.1) is 11.3 Å². The van der Waals surface area contributed by atoms with Gasteiger partial charge in [-0.05, 0) is 24.2 Å². The average molecular weight is 445 g/mol. The highest BCUT2D eigenvalue weighted by molar-refractivity contribution is 7.89. The number of fused-ring (bicyclic) bond motifs is 2. The van der Waals surface area contributed by atoms with Crippen molar-refractivity contribution in [3.05, 3.63) is 16.1 Å². The Balaban J connectivity index is 1.85. The number of rotatable bonds is 9. The monoisotopic (exact) mass is 444 g/mol. The molecule has 2 aliphatic carbocycles. The van der Waals surface area contributed by atoms with Crippen LogP contribution in [0.1, 0.15) is 48.6 Å². The third-order valence-corrected chi connectivity index (χ3v) is 9.55. The van der Waals surface area contributed by atoms with Crippen LogP contribution in [0.15, 0.2) is 5.38 Å². The van der Waals surface area contributed by atoms with Gasteiger partial charge in [0.25, 0.3) is 0 Å². The van der Waals surface area contributed by atoms with Gasteiger partial charge >= 0.3 is 5.97 Å². The van der Waals surface area contributed by atoms with Gasteiger partial charge in [-0.3, -0.25) is 4.79 Å². The summed E-state index contributed by atoms with van der Waals surface area (Å²) in [6, 6.07) is 0. The fourth-order valence-electron chi connectivity index (χ4n) is 4.75. The molecule has 29 heavy (non-hydrogen) atoms. The Labute approximate surface area is 175 Å². The number of aromatic nitrogens is 1. The number of thiazole rings is 1. The van der Waals surface area contributed by atoms with Crippen LogP contribution in [-0.4, -0.2) is 62.6 Å². The summed E-state index contributed by atoms with van der Waals surface area (Å²) in [5, 5.41) is 2.04. The lowest BCUT2D eigenvalue weighted by Crippen LogP contribution is -2.47. The van der Waals surface area contributed by atoms with Crippen LogP contribution in [0.25, 0.3) is 0 Å². The number of sulfonamides is 1. The van der Waals surface area contributed by atoms with Gasteiger partial charge in [0.2, 0.25) is 10.0 Å². The van der Waals surface area contributed by atoms with Crippen molar-refractivity contribution in [1.82, 2.24) is 9.29 Å². The third-order valence-electron chi connectivity index (χ3n) is 6.76. The Hall–Kier alpha value is -1.36. The Bertz CT molecular complexity index is 894. The number of carbonyl (C=O) groups is 2. The topological polar surface area (TPSA) is 103 Å². The summed E-state index contributed by atoms with van der Waals surface area (Å²) >= 11 is 1.20. The number of hydrogen-bond acceptors (Lipinski definition) is 8. The highest BCUT2D eigenvalue weighted by Crippen LogP contribution is 2.64. The molecule has 1 aromatic heterocycles. The lowest BCUT2D eigenvalue weighted by Gasteiger charge is -2.37. The summed E-state index contributed by atoms with van der Waals surface area (Å²) in [7, 11) is -0.981. The van der Waals surface area contributed by atoms with E-state index >= 15 is 0 Å². The molecule has 0 saturated heterocycles. The van der Waals surface area contributed by atoms with Crippen LogP contribution in [0.5, 0.6) is 0 Å². The highest BCUT2D eigenvalue weighted by Gasteiger charge is 2.65. The van der Waals surface area contributed by atoms with Gasteiger partial charge in [0.15, 0.2) is 5.69 Å². The first-order valence-corrected chi connectivity index (χ1v) is 12.1. The molecule has 2 bridgehead atoms. The predicted molar refractivity (Wildman–Crippen MR) is 108 cm³/mol. The molecule has 0 N–H and O–H groups in total. The molecule has 1 aromatic rings. The van der Waals surface area contributed by atoms with Crippen LogP contribution in [-0.2, 0) is 30.8 Å². The molecule has 2 fully saturated rings. The first-order chi connectivity index (χ1) is 13.6. The Morgan fingerprint density at radius 3 is 2.66 bits per heavy atom. The van der Waals surface area contributed by atoms with Gasteiger partial charge in [0, 0.05) is 30.9 Å². The van der Waals surface area contributed by atoms with Crippen molar-refractivity contribution in [2.24, 2.45) is 16.7 Å². The van der Waals surface area contributed by atoms with E-state index in [4.69, 9.17) is 4.74 Å². The summed E-state index contributed by atoms with van der Waals surface area (Å²) in [5.74, 6) is -0.440. The summed E-state index contributed by atoms with van der Waals surface area (Å²) in [6.07, 6.45) is 1.97. The van der Waals surface area contributed by atoms with Crippen LogP contribution >= 0.6 is 11.3 Å². The third kappa shape index (κ3) is 3.87. The predicted octanol–water partition coefficient (Wildman–Crippen LogP) is 2.10. The van der Waals surface area contributed by atoms with E-state index in [1.54, 1.807) is 5.38 Å². The number of ether oxygens (including phenoxy) is 2. The minimum atomic E-state index is -3.76. The fraction of sp³-hybridized carbons (Fsp3) is 0.737. The van der Waals surface area contributed by atoms with Crippen LogP contribution in [0.4, 0.5) is 0 Å². The van der Waals surface area contributed by atoms with Gasteiger partial charge in [-0.25, -0.2) is 18.2 Å². The molecule has 8 nitrogen and oxygen atoms in total. The molecule has 0 spiro atoms. The van der Waals surface area contributed by atoms with E-state index < -0.39 is 21.4 Å². The second kappa shape index (κ2) is 8.05. The van der Waals surface area contributed by atoms with E-state index in [1.807, 2.05) is 13.8 Å². The van der Waals surface area contributed by atoms with Crippen LogP contribution < -0.4 is 0 Å². The quantitative estimate of drug-likeness (QED) is 0.537. The maximum atomic E-state index is 13.4. The zero-order valence-corrected chi connectivity index (χ0v) is 18.9. The summed E-state index contributed by atoms with van der Waals surface area (Å²) in [4.78, 5) is 28.6. The van der Waals surface area contributed by atoms with Crippen molar-refractivity contribution in [2.45, 2.75) is 39.7 Å². The molecule has 1 heterocycles. The number of esters is 1. The lowest BCUT2D eigenvalue weighted by atomic mass is 9.70. The van der Waals surface area contributed by atoms with Crippen molar-refractivity contribution < 1.29 is 27.5 Å². The van der Waals surface area contributed by atoms with E-state index in [9.17, 15) is 18.0 Å².